The van der Waals surface area contributed by atoms with Gasteiger partial charge in [0.05, 0.1) is 17.5 Å². The fourth-order valence-corrected chi connectivity index (χ4v) is 3.18. The van der Waals surface area contributed by atoms with Gasteiger partial charge < -0.3 is 16.2 Å². The van der Waals surface area contributed by atoms with Gasteiger partial charge in [-0.05, 0) is 43.0 Å². The molecule has 4 aromatic rings. The SMILES string of the molecule is Cc1ccncc1-c1cc2cc(Nc3cc([C@H](C)O)n(C)n3)ncc2c(N)n1. The molecule has 0 aliphatic heterocycles. The van der Waals surface area contributed by atoms with Crippen molar-refractivity contribution in [3.8, 4) is 11.3 Å². The Morgan fingerprint density at radius 2 is 2.00 bits per heavy atom. The van der Waals surface area contributed by atoms with Crippen molar-refractivity contribution in [1.29, 1.82) is 0 Å². The summed E-state index contributed by atoms with van der Waals surface area (Å²) in [4.78, 5) is 13.1. The van der Waals surface area contributed by atoms with Gasteiger partial charge in [-0.1, -0.05) is 0 Å². The molecule has 0 fully saturated rings. The first-order valence-electron chi connectivity index (χ1n) is 8.88. The quantitative estimate of drug-likeness (QED) is 0.502. The maximum Gasteiger partial charge on any atom is 0.153 e. The zero-order valence-corrected chi connectivity index (χ0v) is 15.9. The number of nitrogen functional groups attached to an aromatic ring is 1. The van der Waals surface area contributed by atoms with Gasteiger partial charge in [0.2, 0.25) is 0 Å². The third kappa shape index (κ3) is 3.25. The molecule has 0 unspecified atom stereocenters. The van der Waals surface area contributed by atoms with Crippen LogP contribution in [0.3, 0.4) is 0 Å². The molecule has 0 saturated carbocycles. The molecule has 0 aliphatic carbocycles. The highest BCUT2D eigenvalue weighted by Gasteiger charge is 2.12. The highest BCUT2D eigenvalue weighted by molar-refractivity contribution is 5.94. The average molecular weight is 375 g/mol. The van der Waals surface area contributed by atoms with Crippen LogP contribution in [0.4, 0.5) is 17.5 Å². The Morgan fingerprint density at radius 1 is 1.18 bits per heavy atom. The summed E-state index contributed by atoms with van der Waals surface area (Å²) in [5.41, 5.74) is 9.66. The van der Waals surface area contributed by atoms with Gasteiger partial charge in [-0.2, -0.15) is 5.10 Å². The van der Waals surface area contributed by atoms with Gasteiger partial charge in [-0.3, -0.25) is 9.67 Å². The Kier molecular flexibility index (Phi) is 4.40. The van der Waals surface area contributed by atoms with E-state index < -0.39 is 6.10 Å². The minimum absolute atomic E-state index is 0.420. The predicted octanol–water partition coefficient (Wildman–Crippen LogP) is 3.11. The van der Waals surface area contributed by atoms with Gasteiger partial charge in [-0.25, -0.2) is 9.97 Å². The van der Waals surface area contributed by atoms with Crippen molar-refractivity contribution in [3.05, 3.63) is 54.1 Å². The van der Waals surface area contributed by atoms with Crippen LogP contribution in [0.5, 0.6) is 0 Å². The number of nitrogens with zero attached hydrogens (tertiary/aromatic N) is 5. The summed E-state index contributed by atoms with van der Waals surface area (Å²) in [6.07, 6.45) is 4.63. The topological polar surface area (TPSA) is 115 Å². The molecule has 4 rings (SSSR count). The van der Waals surface area contributed by atoms with Crippen LogP contribution in [0.15, 0.2) is 42.9 Å². The Morgan fingerprint density at radius 3 is 2.71 bits per heavy atom. The third-order valence-electron chi connectivity index (χ3n) is 4.66. The number of hydrogen-bond donors (Lipinski definition) is 3. The molecular formula is C20H21N7O. The molecule has 0 saturated heterocycles. The second-order valence-corrected chi connectivity index (χ2v) is 6.75. The zero-order valence-electron chi connectivity index (χ0n) is 15.9. The average Bonchev–Trinajstić information content (AvgIpc) is 3.02. The molecule has 1 atom stereocenters. The van der Waals surface area contributed by atoms with Gasteiger partial charge in [-0.15, -0.1) is 0 Å². The van der Waals surface area contributed by atoms with Crippen LogP contribution in [-0.2, 0) is 7.05 Å². The molecule has 28 heavy (non-hydrogen) atoms. The van der Waals surface area contributed by atoms with E-state index in [0.717, 1.165) is 27.6 Å². The Labute approximate surface area is 162 Å². The van der Waals surface area contributed by atoms with E-state index in [1.54, 1.807) is 43.3 Å². The second kappa shape index (κ2) is 6.90. The monoisotopic (exact) mass is 375 g/mol. The molecule has 142 valence electrons. The molecule has 8 heteroatoms. The number of nitrogens with one attached hydrogen (secondary N) is 1. The molecule has 0 aliphatic rings. The van der Waals surface area contributed by atoms with Crippen molar-refractivity contribution in [2.45, 2.75) is 20.0 Å². The lowest BCUT2D eigenvalue weighted by atomic mass is 10.1. The van der Waals surface area contributed by atoms with Crippen molar-refractivity contribution in [2.75, 3.05) is 11.1 Å². The number of aliphatic hydroxyl groups is 1. The summed E-state index contributed by atoms with van der Waals surface area (Å²) in [7, 11) is 1.79. The van der Waals surface area contributed by atoms with Gasteiger partial charge in [0.25, 0.3) is 0 Å². The fourth-order valence-electron chi connectivity index (χ4n) is 3.18. The number of aryl methyl sites for hydroxylation is 2. The lowest BCUT2D eigenvalue weighted by Gasteiger charge is -2.09. The van der Waals surface area contributed by atoms with Gasteiger partial charge in [0.1, 0.15) is 11.6 Å². The largest absolute Gasteiger partial charge is 0.387 e. The van der Waals surface area contributed by atoms with Gasteiger partial charge >= 0.3 is 0 Å². The smallest absolute Gasteiger partial charge is 0.153 e. The number of aliphatic hydroxyl groups excluding tert-OH is 1. The molecule has 8 nitrogen and oxygen atoms in total. The van der Waals surface area contributed by atoms with E-state index in [1.807, 2.05) is 25.1 Å². The first kappa shape index (κ1) is 17.9. The van der Waals surface area contributed by atoms with E-state index in [0.29, 0.717) is 23.1 Å². The van der Waals surface area contributed by atoms with Crippen LogP contribution < -0.4 is 11.1 Å². The van der Waals surface area contributed by atoms with Crippen molar-refractivity contribution < 1.29 is 5.11 Å². The number of nitrogens with two attached hydrogens (primary N) is 1. The van der Waals surface area contributed by atoms with E-state index in [4.69, 9.17) is 5.73 Å². The molecule has 0 amide bonds. The fraction of sp³-hybridized carbons (Fsp3) is 0.200. The van der Waals surface area contributed by atoms with Crippen LogP contribution >= 0.6 is 0 Å². The number of aromatic nitrogens is 5. The summed E-state index contributed by atoms with van der Waals surface area (Å²) in [5, 5.41) is 19.0. The molecule has 4 aromatic heterocycles. The van der Waals surface area contributed by atoms with Crippen LogP contribution in [-0.4, -0.2) is 29.8 Å². The van der Waals surface area contributed by atoms with Gasteiger partial charge in [0, 0.05) is 42.7 Å². The van der Waals surface area contributed by atoms with Crippen molar-refractivity contribution in [3.63, 3.8) is 0 Å². The van der Waals surface area contributed by atoms with Crippen molar-refractivity contribution >= 4 is 28.2 Å². The highest BCUT2D eigenvalue weighted by atomic mass is 16.3. The van der Waals surface area contributed by atoms with E-state index in [2.05, 4.69) is 25.4 Å². The molecule has 0 aromatic carbocycles. The molecular weight excluding hydrogens is 354 g/mol. The minimum atomic E-state index is -0.603. The Balaban J connectivity index is 1.74. The molecule has 0 radical (unpaired) electrons. The van der Waals surface area contributed by atoms with E-state index in [1.165, 1.54) is 0 Å². The van der Waals surface area contributed by atoms with Crippen LogP contribution in [0.25, 0.3) is 22.0 Å². The summed E-state index contributed by atoms with van der Waals surface area (Å²) < 4.78 is 1.64. The summed E-state index contributed by atoms with van der Waals surface area (Å²) in [6.45, 7) is 3.71. The number of rotatable bonds is 4. The minimum Gasteiger partial charge on any atom is -0.387 e. The highest BCUT2D eigenvalue weighted by Crippen LogP contribution is 2.29. The zero-order chi connectivity index (χ0) is 19.8. The van der Waals surface area contributed by atoms with Crippen molar-refractivity contribution in [1.82, 2.24) is 24.7 Å². The number of pyridine rings is 3. The van der Waals surface area contributed by atoms with E-state index in [9.17, 15) is 5.11 Å². The molecule has 4 N–H and O–H groups in total. The molecule has 4 heterocycles. The first-order chi connectivity index (χ1) is 13.4. The maximum absolute atomic E-state index is 9.79. The van der Waals surface area contributed by atoms with Gasteiger partial charge in [0.15, 0.2) is 5.82 Å². The van der Waals surface area contributed by atoms with E-state index >= 15 is 0 Å². The predicted molar refractivity (Wildman–Crippen MR) is 109 cm³/mol. The number of fused-ring (bicyclic) bond motifs is 1. The lowest BCUT2D eigenvalue weighted by molar-refractivity contribution is 0.189. The molecule has 0 bridgehead atoms. The number of hydrogen-bond acceptors (Lipinski definition) is 7. The second-order valence-electron chi connectivity index (χ2n) is 6.75. The Bertz CT molecular complexity index is 1170. The number of anilines is 3. The summed E-state index contributed by atoms with van der Waals surface area (Å²) >= 11 is 0. The summed E-state index contributed by atoms with van der Waals surface area (Å²) in [6, 6.07) is 7.61. The van der Waals surface area contributed by atoms with Crippen molar-refractivity contribution in [2.24, 2.45) is 7.05 Å². The normalized spacial score (nSPS) is 12.3. The van der Waals surface area contributed by atoms with Crippen LogP contribution in [0.2, 0.25) is 0 Å². The van der Waals surface area contributed by atoms with E-state index in [-0.39, 0.29) is 0 Å². The first-order valence-corrected chi connectivity index (χ1v) is 8.88. The lowest BCUT2D eigenvalue weighted by Crippen LogP contribution is -2.01. The van der Waals surface area contributed by atoms with Crippen LogP contribution in [0, 0.1) is 6.92 Å². The standard InChI is InChI=1S/C20H21N7O/c1-11-4-5-22-9-14(11)16-6-13-7-18(23-10-15(13)20(21)24-16)25-19-8-17(12(2)28)27(3)26-19/h4-10,12,28H,1-3H3,(H2,21,24)(H,23,25,26)/t12-/m0/s1. The molecule has 0 spiro atoms. The third-order valence-corrected chi connectivity index (χ3v) is 4.66. The van der Waals surface area contributed by atoms with Crippen LogP contribution in [0.1, 0.15) is 24.3 Å². The summed E-state index contributed by atoms with van der Waals surface area (Å²) in [5.74, 6) is 1.65. The maximum atomic E-state index is 9.79. The Hall–Kier alpha value is -3.52.